The average molecular weight is 407 g/mol. The van der Waals surface area contributed by atoms with E-state index in [1.807, 2.05) is 32.0 Å². The van der Waals surface area contributed by atoms with Gasteiger partial charge >= 0.3 is 0 Å². The molecule has 2 aromatic carbocycles. The van der Waals surface area contributed by atoms with Gasteiger partial charge in [0, 0.05) is 4.47 Å². The van der Waals surface area contributed by atoms with E-state index >= 15 is 0 Å². The second-order valence-corrected chi connectivity index (χ2v) is 8.35. The molecule has 0 amide bonds. The van der Waals surface area contributed by atoms with Crippen molar-refractivity contribution in [3.8, 4) is 11.8 Å². The molecule has 0 bridgehead atoms. The van der Waals surface area contributed by atoms with Crippen molar-refractivity contribution in [2.75, 3.05) is 10.8 Å². The number of rotatable bonds is 2. The monoisotopic (exact) mass is 406 g/mol. The summed E-state index contributed by atoms with van der Waals surface area (Å²) in [6.07, 6.45) is -0.285. The van der Waals surface area contributed by atoms with Crippen LogP contribution < -0.4 is 9.04 Å². The highest BCUT2D eigenvalue weighted by Crippen LogP contribution is 2.38. The number of benzene rings is 2. The lowest BCUT2D eigenvalue weighted by molar-refractivity contribution is 0.219. The molecule has 0 saturated heterocycles. The first-order valence-electron chi connectivity index (χ1n) is 7.33. The van der Waals surface area contributed by atoms with E-state index in [4.69, 9.17) is 4.74 Å². The van der Waals surface area contributed by atoms with E-state index in [9.17, 15) is 13.7 Å². The normalized spacial score (nSPS) is 16.9. The van der Waals surface area contributed by atoms with Crippen molar-refractivity contribution in [3.05, 3.63) is 52.0 Å². The molecule has 0 saturated carbocycles. The summed E-state index contributed by atoms with van der Waals surface area (Å²) in [5.41, 5.74) is 1.58. The van der Waals surface area contributed by atoms with Gasteiger partial charge in [-0.05, 0) is 59.6 Å². The smallest absolute Gasteiger partial charge is 0.265 e. The van der Waals surface area contributed by atoms with Gasteiger partial charge in [-0.2, -0.15) is 5.26 Å². The maximum atomic E-state index is 13.2. The number of halogens is 1. The lowest BCUT2D eigenvalue weighted by Gasteiger charge is -2.34. The fourth-order valence-corrected chi connectivity index (χ4v) is 4.99. The van der Waals surface area contributed by atoms with Crippen molar-refractivity contribution in [1.82, 2.24) is 0 Å². The highest BCUT2D eigenvalue weighted by atomic mass is 79.9. The minimum atomic E-state index is -3.89. The molecule has 124 valence electrons. The summed E-state index contributed by atoms with van der Waals surface area (Å²) < 4.78 is 34.0. The minimum absolute atomic E-state index is 0.0139. The van der Waals surface area contributed by atoms with Gasteiger partial charge in [0.25, 0.3) is 10.0 Å². The van der Waals surface area contributed by atoms with E-state index < -0.39 is 10.0 Å². The number of nitrogens with zero attached hydrogens (tertiary/aromatic N) is 2. The van der Waals surface area contributed by atoms with Gasteiger partial charge in [0.05, 0.1) is 17.8 Å². The Labute approximate surface area is 149 Å². The fourth-order valence-electron chi connectivity index (χ4n) is 2.68. The Hall–Kier alpha value is -2.04. The van der Waals surface area contributed by atoms with E-state index in [-0.39, 0.29) is 23.1 Å². The zero-order valence-corrected chi connectivity index (χ0v) is 15.6. The first-order valence-corrected chi connectivity index (χ1v) is 9.56. The quantitative estimate of drug-likeness (QED) is 0.763. The summed E-state index contributed by atoms with van der Waals surface area (Å²) in [6.45, 7) is 3.93. The number of hydrogen-bond donors (Lipinski definition) is 0. The van der Waals surface area contributed by atoms with Gasteiger partial charge in [0.1, 0.15) is 22.8 Å². The van der Waals surface area contributed by atoms with E-state index in [0.29, 0.717) is 15.9 Å². The Balaban J connectivity index is 2.19. The van der Waals surface area contributed by atoms with E-state index in [1.165, 1.54) is 10.4 Å². The first kappa shape index (κ1) is 16.8. The standard InChI is InChI=1S/C17H15BrN2O3S/c1-11-6-7-15-16(8-11)23-12(2)10-20(15)24(21,22)17-5-3-4-14(18)13(17)9-19/h3-8,12H,10H2,1-2H3. The third-order valence-electron chi connectivity index (χ3n) is 3.79. The van der Waals surface area contributed by atoms with Crippen molar-refractivity contribution in [3.63, 3.8) is 0 Å². The van der Waals surface area contributed by atoms with Crippen LogP contribution in [-0.2, 0) is 10.0 Å². The van der Waals surface area contributed by atoms with Crippen LogP contribution in [0, 0.1) is 18.3 Å². The van der Waals surface area contributed by atoms with Gasteiger partial charge in [0.2, 0.25) is 0 Å². The Morgan fingerprint density at radius 2 is 2.08 bits per heavy atom. The third kappa shape index (κ3) is 2.76. The lowest BCUT2D eigenvalue weighted by atomic mass is 10.2. The molecule has 1 heterocycles. The van der Waals surface area contributed by atoms with Crippen LogP contribution in [0.1, 0.15) is 18.1 Å². The van der Waals surface area contributed by atoms with Gasteiger partial charge in [0.15, 0.2) is 0 Å². The van der Waals surface area contributed by atoms with E-state index in [2.05, 4.69) is 15.9 Å². The second-order valence-electron chi connectivity index (χ2n) is 5.66. The molecule has 0 radical (unpaired) electrons. The molecule has 5 nitrogen and oxygen atoms in total. The third-order valence-corrected chi connectivity index (χ3v) is 6.27. The summed E-state index contributed by atoms with van der Waals surface area (Å²) in [4.78, 5) is -0.0139. The van der Waals surface area contributed by atoms with Gasteiger partial charge < -0.3 is 4.74 Å². The number of nitriles is 1. The number of sulfonamides is 1. The zero-order chi connectivity index (χ0) is 17.5. The Bertz CT molecular complexity index is 951. The van der Waals surface area contributed by atoms with Gasteiger partial charge in [-0.15, -0.1) is 0 Å². The minimum Gasteiger partial charge on any atom is -0.487 e. The second kappa shape index (κ2) is 6.11. The zero-order valence-electron chi connectivity index (χ0n) is 13.2. The SMILES string of the molecule is Cc1ccc2c(c1)OC(C)CN2S(=O)(=O)c1cccc(Br)c1C#N. The Kier molecular flexibility index (Phi) is 4.28. The van der Waals surface area contributed by atoms with E-state index in [0.717, 1.165) is 5.56 Å². The van der Waals surface area contributed by atoms with Gasteiger partial charge in [-0.3, -0.25) is 4.31 Å². The largest absolute Gasteiger partial charge is 0.487 e. The molecule has 1 atom stereocenters. The molecule has 0 spiro atoms. The predicted molar refractivity (Wildman–Crippen MR) is 94.7 cm³/mol. The van der Waals surface area contributed by atoms with Crippen LogP contribution in [0.3, 0.4) is 0 Å². The molecule has 3 rings (SSSR count). The molecular weight excluding hydrogens is 392 g/mol. The molecule has 1 unspecified atom stereocenters. The Morgan fingerprint density at radius 1 is 1.33 bits per heavy atom. The number of anilines is 1. The Morgan fingerprint density at radius 3 is 2.79 bits per heavy atom. The summed E-state index contributed by atoms with van der Waals surface area (Å²) in [7, 11) is -3.89. The van der Waals surface area contributed by atoms with Gasteiger partial charge in [-0.1, -0.05) is 12.1 Å². The summed E-state index contributed by atoms with van der Waals surface area (Å²) in [5.74, 6) is 0.533. The number of aryl methyl sites for hydroxylation is 1. The van der Waals surface area contributed by atoms with Crippen LogP contribution in [0.15, 0.2) is 45.8 Å². The highest BCUT2D eigenvalue weighted by molar-refractivity contribution is 9.10. The summed E-state index contributed by atoms with van der Waals surface area (Å²) in [5, 5.41) is 9.36. The van der Waals surface area contributed by atoms with Gasteiger partial charge in [-0.25, -0.2) is 8.42 Å². The molecule has 24 heavy (non-hydrogen) atoms. The van der Waals surface area contributed by atoms with Crippen molar-refractivity contribution in [1.29, 1.82) is 5.26 Å². The molecule has 1 aliphatic heterocycles. The molecular formula is C17H15BrN2O3S. The number of fused-ring (bicyclic) bond motifs is 1. The average Bonchev–Trinajstić information content (AvgIpc) is 2.53. The van der Waals surface area contributed by atoms with Crippen molar-refractivity contribution in [2.45, 2.75) is 24.8 Å². The molecule has 0 fully saturated rings. The summed E-state index contributed by atoms with van der Waals surface area (Å²) >= 11 is 3.25. The maximum Gasteiger partial charge on any atom is 0.265 e. The molecule has 0 aliphatic carbocycles. The predicted octanol–water partition coefficient (Wildman–Crippen LogP) is 3.61. The van der Waals surface area contributed by atoms with Crippen LogP contribution in [-0.4, -0.2) is 21.1 Å². The van der Waals surface area contributed by atoms with Crippen LogP contribution in [0.5, 0.6) is 5.75 Å². The van der Waals surface area contributed by atoms with Crippen molar-refractivity contribution in [2.24, 2.45) is 0 Å². The molecule has 2 aromatic rings. The first-order chi connectivity index (χ1) is 11.3. The van der Waals surface area contributed by atoms with Crippen LogP contribution in [0.25, 0.3) is 0 Å². The van der Waals surface area contributed by atoms with E-state index in [1.54, 1.807) is 18.2 Å². The lowest BCUT2D eigenvalue weighted by Crippen LogP contribution is -2.42. The number of hydrogen-bond acceptors (Lipinski definition) is 4. The molecule has 7 heteroatoms. The van der Waals surface area contributed by atoms with Crippen LogP contribution >= 0.6 is 15.9 Å². The number of ether oxygens (including phenoxy) is 1. The van der Waals surface area contributed by atoms with Crippen LogP contribution in [0.4, 0.5) is 5.69 Å². The van der Waals surface area contributed by atoms with Crippen molar-refractivity contribution < 1.29 is 13.2 Å². The molecule has 0 N–H and O–H groups in total. The van der Waals surface area contributed by atoms with Crippen molar-refractivity contribution >= 4 is 31.6 Å². The maximum absolute atomic E-state index is 13.2. The topological polar surface area (TPSA) is 70.4 Å². The highest BCUT2D eigenvalue weighted by Gasteiger charge is 2.34. The van der Waals surface area contributed by atoms with Crippen LogP contribution in [0.2, 0.25) is 0 Å². The fraction of sp³-hybridized carbons (Fsp3) is 0.235. The summed E-state index contributed by atoms with van der Waals surface area (Å²) in [6, 6.07) is 12.1. The molecule has 0 aromatic heterocycles. The molecule has 1 aliphatic rings.